The highest BCUT2D eigenvalue weighted by Crippen LogP contribution is 2.32. The Kier molecular flexibility index (Phi) is 5.99. The van der Waals surface area contributed by atoms with Crippen LogP contribution in [-0.4, -0.2) is 43.8 Å². The summed E-state index contributed by atoms with van der Waals surface area (Å²) in [4.78, 5) is 21.8. The van der Waals surface area contributed by atoms with Crippen LogP contribution in [0.1, 0.15) is 23.0 Å². The number of benzene rings is 1. The number of nitrogens with zero attached hydrogens (tertiary/aromatic N) is 3. The average Bonchev–Trinajstić information content (AvgIpc) is 2.61. The minimum Gasteiger partial charge on any atom is -0.493 e. The Morgan fingerprint density at radius 3 is 2.68 bits per heavy atom. The molecule has 0 aliphatic carbocycles. The number of carbonyl (C=O) groups excluding carboxylic acids is 1. The molecule has 0 fully saturated rings. The first kappa shape index (κ1) is 18.3. The summed E-state index contributed by atoms with van der Waals surface area (Å²) < 4.78 is 15.7. The highest BCUT2D eigenvalue weighted by molar-refractivity contribution is 5.88. The topological polar surface area (TPSA) is 99.8 Å². The first-order chi connectivity index (χ1) is 12.0. The summed E-state index contributed by atoms with van der Waals surface area (Å²) in [5.41, 5.74) is 6.78. The van der Waals surface area contributed by atoms with Crippen molar-refractivity contribution < 1.29 is 19.0 Å². The van der Waals surface area contributed by atoms with Gasteiger partial charge in [-0.3, -0.25) is 0 Å². The number of ether oxygens (including phenoxy) is 3. The van der Waals surface area contributed by atoms with Crippen LogP contribution >= 0.6 is 0 Å². The Morgan fingerprint density at radius 1 is 1.28 bits per heavy atom. The zero-order valence-corrected chi connectivity index (χ0v) is 14.8. The number of methoxy groups -OCH3 is 2. The predicted octanol–water partition coefficient (Wildman–Crippen LogP) is 1.89. The molecule has 2 aromatic rings. The lowest BCUT2D eigenvalue weighted by Gasteiger charge is -2.20. The van der Waals surface area contributed by atoms with Crippen molar-refractivity contribution in [2.75, 3.05) is 38.5 Å². The lowest BCUT2D eigenvalue weighted by Crippen LogP contribution is -2.21. The summed E-state index contributed by atoms with van der Waals surface area (Å²) in [6.07, 6.45) is 0. The predicted molar refractivity (Wildman–Crippen MR) is 94.1 cm³/mol. The van der Waals surface area contributed by atoms with E-state index >= 15 is 0 Å². The molecule has 0 amide bonds. The van der Waals surface area contributed by atoms with E-state index in [-0.39, 0.29) is 11.5 Å². The summed E-state index contributed by atoms with van der Waals surface area (Å²) in [5.74, 6) is 1.24. The van der Waals surface area contributed by atoms with Crippen LogP contribution in [0.2, 0.25) is 0 Å². The number of anilines is 2. The Hall–Kier alpha value is -3.03. The third-order valence-electron chi connectivity index (χ3n) is 3.45. The molecule has 2 rings (SSSR count). The van der Waals surface area contributed by atoms with Crippen LogP contribution in [0.3, 0.4) is 0 Å². The summed E-state index contributed by atoms with van der Waals surface area (Å²) in [5, 5.41) is 0. The van der Waals surface area contributed by atoms with E-state index in [0.717, 1.165) is 5.56 Å². The average molecular weight is 346 g/mol. The standard InChI is InChI=1S/C17H22N4O4/c1-5-25-15-11(7-6-8-13(15)23-3)10-21(2)17-19-12(16(22)24-4)9-14(18)20-17/h6-9H,5,10H2,1-4H3,(H2,18,19,20). The SMILES string of the molecule is CCOc1c(CN(C)c2nc(N)cc(C(=O)OC)n2)cccc1OC. The van der Waals surface area contributed by atoms with Crippen LogP contribution in [-0.2, 0) is 11.3 Å². The van der Waals surface area contributed by atoms with Gasteiger partial charge in [-0.2, -0.15) is 4.98 Å². The monoisotopic (exact) mass is 346 g/mol. The summed E-state index contributed by atoms with van der Waals surface area (Å²) in [7, 11) is 4.68. The van der Waals surface area contributed by atoms with Gasteiger partial charge in [0.2, 0.25) is 5.95 Å². The maximum Gasteiger partial charge on any atom is 0.356 e. The zero-order chi connectivity index (χ0) is 18.4. The van der Waals surface area contributed by atoms with E-state index in [4.69, 9.17) is 15.2 Å². The molecule has 25 heavy (non-hydrogen) atoms. The lowest BCUT2D eigenvalue weighted by atomic mass is 10.1. The first-order valence-corrected chi connectivity index (χ1v) is 7.72. The minimum absolute atomic E-state index is 0.104. The molecule has 0 unspecified atom stereocenters. The van der Waals surface area contributed by atoms with Crippen molar-refractivity contribution in [1.29, 1.82) is 0 Å². The second-order valence-corrected chi connectivity index (χ2v) is 5.21. The van der Waals surface area contributed by atoms with Gasteiger partial charge in [-0.05, 0) is 13.0 Å². The van der Waals surface area contributed by atoms with Crippen LogP contribution in [0, 0.1) is 0 Å². The highest BCUT2D eigenvalue weighted by Gasteiger charge is 2.16. The fourth-order valence-corrected chi connectivity index (χ4v) is 2.31. The lowest BCUT2D eigenvalue weighted by molar-refractivity contribution is 0.0594. The van der Waals surface area contributed by atoms with Crippen LogP contribution in [0.5, 0.6) is 11.5 Å². The molecule has 0 atom stereocenters. The van der Waals surface area contributed by atoms with Gasteiger partial charge in [0.25, 0.3) is 0 Å². The molecule has 0 aliphatic heterocycles. The fraction of sp³-hybridized carbons (Fsp3) is 0.353. The zero-order valence-electron chi connectivity index (χ0n) is 14.8. The molecule has 0 bridgehead atoms. The molecule has 0 saturated heterocycles. The van der Waals surface area contributed by atoms with Gasteiger partial charge in [-0.1, -0.05) is 12.1 Å². The molecule has 0 saturated carbocycles. The number of aromatic nitrogens is 2. The minimum atomic E-state index is -0.569. The van der Waals surface area contributed by atoms with Crippen molar-refractivity contribution in [3.05, 3.63) is 35.5 Å². The molecule has 1 aromatic heterocycles. The third-order valence-corrected chi connectivity index (χ3v) is 3.45. The van der Waals surface area contributed by atoms with Crippen LogP contribution in [0.4, 0.5) is 11.8 Å². The van der Waals surface area contributed by atoms with E-state index in [2.05, 4.69) is 14.7 Å². The van der Waals surface area contributed by atoms with Crippen molar-refractivity contribution in [2.45, 2.75) is 13.5 Å². The van der Waals surface area contributed by atoms with Gasteiger partial charge in [0.1, 0.15) is 5.82 Å². The third kappa shape index (κ3) is 4.28. The van der Waals surface area contributed by atoms with Crippen LogP contribution < -0.4 is 20.1 Å². The van der Waals surface area contributed by atoms with Crippen LogP contribution in [0.15, 0.2) is 24.3 Å². The van der Waals surface area contributed by atoms with Crippen molar-refractivity contribution in [3.8, 4) is 11.5 Å². The smallest absolute Gasteiger partial charge is 0.356 e. The second-order valence-electron chi connectivity index (χ2n) is 5.21. The van der Waals surface area contributed by atoms with Crippen molar-refractivity contribution in [3.63, 3.8) is 0 Å². The first-order valence-electron chi connectivity index (χ1n) is 7.72. The molecule has 0 spiro atoms. The van der Waals surface area contributed by atoms with Crippen LogP contribution in [0.25, 0.3) is 0 Å². The number of rotatable bonds is 7. The number of carbonyl (C=O) groups is 1. The van der Waals surface area contributed by atoms with Gasteiger partial charge in [-0.25, -0.2) is 9.78 Å². The molecule has 8 heteroatoms. The van der Waals surface area contributed by atoms with Gasteiger partial charge >= 0.3 is 5.97 Å². The number of hydrogen-bond acceptors (Lipinski definition) is 8. The van der Waals surface area contributed by atoms with Crippen molar-refractivity contribution >= 4 is 17.7 Å². The molecular weight excluding hydrogens is 324 g/mol. The maximum absolute atomic E-state index is 11.7. The summed E-state index contributed by atoms with van der Waals surface area (Å²) in [6.45, 7) is 2.86. The van der Waals surface area contributed by atoms with E-state index in [1.54, 1.807) is 19.1 Å². The van der Waals surface area contributed by atoms with E-state index < -0.39 is 5.97 Å². The molecule has 1 aromatic carbocycles. The normalized spacial score (nSPS) is 10.2. The van der Waals surface area contributed by atoms with Gasteiger partial charge in [0.05, 0.1) is 20.8 Å². The number of nitrogen functional groups attached to an aromatic ring is 1. The summed E-state index contributed by atoms with van der Waals surface area (Å²) in [6, 6.07) is 7.02. The summed E-state index contributed by atoms with van der Waals surface area (Å²) >= 11 is 0. The van der Waals surface area contributed by atoms with Gasteiger partial charge in [0, 0.05) is 25.2 Å². The molecule has 8 nitrogen and oxygen atoms in total. The molecule has 1 heterocycles. The quantitative estimate of drug-likeness (QED) is 0.759. The number of nitrogens with two attached hydrogens (primary N) is 1. The Morgan fingerprint density at radius 2 is 2.04 bits per heavy atom. The Labute approximate surface area is 146 Å². The van der Waals surface area contributed by atoms with Crippen molar-refractivity contribution in [2.24, 2.45) is 0 Å². The molecule has 134 valence electrons. The van der Waals surface area contributed by atoms with E-state index in [1.165, 1.54) is 13.2 Å². The molecule has 0 radical (unpaired) electrons. The second kappa shape index (κ2) is 8.18. The number of para-hydroxylation sites is 1. The molecule has 2 N–H and O–H groups in total. The van der Waals surface area contributed by atoms with E-state index in [9.17, 15) is 4.79 Å². The Bertz CT molecular complexity index is 751. The molecular formula is C17H22N4O4. The van der Waals surface area contributed by atoms with Crippen molar-refractivity contribution in [1.82, 2.24) is 9.97 Å². The van der Waals surface area contributed by atoms with E-state index in [1.807, 2.05) is 25.1 Å². The maximum atomic E-state index is 11.7. The van der Waals surface area contributed by atoms with Gasteiger partial charge in [0.15, 0.2) is 17.2 Å². The van der Waals surface area contributed by atoms with Gasteiger partial charge in [-0.15, -0.1) is 0 Å². The number of esters is 1. The Balaban J connectivity index is 2.32. The van der Waals surface area contributed by atoms with E-state index in [0.29, 0.717) is 30.6 Å². The largest absolute Gasteiger partial charge is 0.493 e. The highest BCUT2D eigenvalue weighted by atomic mass is 16.5. The molecule has 0 aliphatic rings. The van der Waals surface area contributed by atoms with Gasteiger partial charge < -0.3 is 24.8 Å². The number of hydrogen-bond donors (Lipinski definition) is 1. The fourth-order valence-electron chi connectivity index (χ4n) is 2.31.